The molecular weight excluding hydrogens is 216 g/mol. The molecule has 0 aromatic heterocycles. The maximum atomic E-state index is 11.3. The van der Waals surface area contributed by atoms with Crippen LogP contribution in [0.2, 0.25) is 0 Å². The van der Waals surface area contributed by atoms with Crippen molar-refractivity contribution in [3.05, 3.63) is 0 Å². The Balaban J connectivity index is 2.81. The number of aliphatic hydroxyl groups is 1. The molecule has 1 fully saturated rings. The first-order valence-electron chi connectivity index (χ1n) is 6.76. The van der Waals surface area contributed by atoms with Crippen LogP contribution in [-0.2, 0) is 4.79 Å². The summed E-state index contributed by atoms with van der Waals surface area (Å²) in [4.78, 5) is 11.3. The minimum Gasteiger partial charge on any atom is -0.481 e. The molecule has 17 heavy (non-hydrogen) atoms. The highest BCUT2D eigenvalue weighted by Gasteiger charge is 2.43. The van der Waals surface area contributed by atoms with Crippen molar-refractivity contribution in [1.29, 1.82) is 0 Å². The number of hydrogen-bond donors (Lipinski definition) is 2. The second-order valence-corrected chi connectivity index (χ2v) is 6.30. The Labute approximate surface area is 104 Å². The highest BCUT2D eigenvalue weighted by molar-refractivity contribution is 5.71. The smallest absolute Gasteiger partial charge is 0.309 e. The predicted octanol–water partition coefficient (Wildman–Crippen LogP) is 3.21. The number of carboxylic acids is 1. The van der Waals surface area contributed by atoms with Gasteiger partial charge in [-0.3, -0.25) is 4.79 Å². The summed E-state index contributed by atoms with van der Waals surface area (Å²) in [6, 6.07) is 0. The summed E-state index contributed by atoms with van der Waals surface area (Å²) in [5, 5.41) is 19.9. The Morgan fingerprint density at radius 3 is 2.41 bits per heavy atom. The molecule has 0 amide bonds. The monoisotopic (exact) mass is 242 g/mol. The largest absolute Gasteiger partial charge is 0.481 e. The topological polar surface area (TPSA) is 57.5 Å². The van der Waals surface area contributed by atoms with E-state index in [-0.39, 0.29) is 5.41 Å². The quantitative estimate of drug-likeness (QED) is 0.744. The summed E-state index contributed by atoms with van der Waals surface area (Å²) >= 11 is 0. The Hall–Kier alpha value is -0.570. The number of carbonyl (C=O) groups is 1. The van der Waals surface area contributed by atoms with Gasteiger partial charge in [0.2, 0.25) is 0 Å². The van der Waals surface area contributed by atoms with E-state index in [1.54, 1.807) is 0 Å². The molecule has 0 aliphatic heterocycles. The summed E-state index contributed by atoms with van der Waals surface area (Å²) in [5.74, 6) is -1.43. The van der Waals surface area contributed by atoms with Crippen LogP contribution >= 0.6 is 0 Å². The Bertz CT molecular complexity index is 273. The fraction of sp³-hybridized carbons (Fsp3) is 0.929. The van der Waals surface area contributed by atoms with Crippen LogP contribution < -0.4 is 0 Å². The molecule has 0 bridgehead atoms. The van der Waals surface area contributed by atoms with Crippen LogP contribution in [0.15, 0.2) is 0 Å². The normalized spacial score (nSPS) is 30.6. The van der Waals surface area contributed by atoms with Gasteiger partial charge in [-0.25, -0.2) is 0 Å². The van der Waals surface area contributed by atoms with Crippen LogP contribution in [0.1, 0.15) is 65.7 Å². The summed E-state index contributed by atoms with van der Waals surface area (Å²) in [6.07, 6.45) is 5.56. The van der Waals surface area contributed by atoms with Crippen molar-refractivity contribution in [2.45, 2.75) is 71.3 Å². The van der Waals surface area contributed by atoms with Gasteiger partial charge in [-0.1, -0.05) is 33.6 Å². The van der Waals surface area contributed by atoms with Crippen LogP contribution in [0.4, 0.5) is 0 Å². The van der Waals surface area contributed by atoms with Gasteiger partial charge in [0.25, 0.3) is 0 Å². The summed E-state index contributed by atoms with van der Waals surface area (Å²) < 4.78 is 0. The third-order valence-corrected chi connectivity index (χ3v) is 4.22. The van der Waals surface area contributed by atoms with Gasteiger partial charge in [0.1, 0.15) is 0 Å². The summed E-state index contributed by atoms with van der Waals surface area (Å²) in [6.45, 7) is 6.38. The molecule has 1 saturated carbocycles. The molecule has 100 valence electrons. The minimum absolute atomic E-state index is 0.236. The lowest BCUT2D eigenvalue weighted by molar-refractivity contribution is -0.154. The van der Waals surface area contributed by atoms with Crippen molar-refractivity contribution >= 4 is 5.97 Å². The highest BCUT2D eigenvalue weighted by atomic mass is 16.4. The molecular formula is C14H26O3. The van der Waals surface area contributed by atoms with Crippen molar-refractivity contribution < 1.29 is 15.0 Å². The van der Waals surface area contributed by atoms with Crippen LogP contribution in [0.5, 0.6) is 0 Å². The van der Waals surface area contributed by atoms with Gasteiger partial charge < -0.3 is 10.2 Å². The zero-order valence-corrected chi connectivity index (χ0v) is 11.3. The fourth-order valence-corrected chi connectivity index (χ4v) is 2.94. The van der Waals surface area contributed by atoms with Gasteiger partial charge in [-0.05, 0) is 37.5 Å². The van der Waals surface area contributed by atoms with E-state index in [9.17, 15) is 15.0 Å². The number of carboxylic acid groups (broad SMARTS) is 1. The van der Waals surface area contributed by atoms with Crippen molar-refractivity contribution in [2.75, 3.05) is 0 Å². The molecule has 0 aromatic rings. The summed E-state index contributed by atoms with van der Waals surface area (Å²) in [7, 11) is 0. The van der Waals surface area contributed by atoms with Crippen LogP contribution in [-0.4, -0.2) is 21.8 Å². The van der Waals surface area contributed by atoms with Gasteiger partial charge in [0.15, 0.2) is 0 Å². The van der Waals surface area contributed by atoms with E-state index in [0.717, 1.165) is 25.7 Å². The maximum Gasteiger partial charge on any atom is 0.309 e. The third-order valence-electron chi connectivity index (χ3n) is 4.22. The van der Waals surface area contributed by atoms with Crippen molar-refractivity contribution in [3.8, 4) is 0 Å². The lowest BCUT2D eigenvalue weighted by atomic mass is 9.77. The second kappa shape index (κ2) is 5.38. The Morgan fingerprint density at radius 2 is 1.88 bits per heavy atom. The molecule has 2 unspecified atom stereocenters. The maximum absolute atomic E-state index is 11.3. The molecule has 1 aliphatic rings. The molecule has 0 saturated heterocycles. The average Bonchev–Trinajstić information content (AvgIpc) is 2.35. The van der Waals surface area contributed by atoms with E-state index >= 15 is 0 Å². The highest BCUT2D eigenvalue weighted by Crippen LogP contribution is 2.42. The number of rotatable bonds is 4. The fourth-order valence-electron chi connectivity index (χ4n) is 2.94. The lowest BCUT2D eigenvalue weighted by Gasteiger charge is -2.33. The van der Waals surface area contributed by atoms with Crippen molar-refractivity contribution in [3.63, 3.8) is 0 Å². The van der Waals surface area contributed by atoms with Crippen LogP contribution in [0.25, 0.3) is 0 Å². The number of hydrogen-bond acceptors (Lipinski definition) is 2. The molecule has 2 atom stereocenters. The molecule has 1 aliphatic carbocycles. The second-order valence-electron chi connectivity index (χ2n) is 6.30. The van der Waals surface area contributed by atoms with E-state index in [4.69, 9.17) is 0 Å². The van der Waals surface area contributed by atoms with Gasteiger partial charge in [-0.15, -0.1) is 0 Å². The zero-order chi connectivity index (χ0) is 13.1. The van der Waals surface area contributed by atoms with E-state index in [0.29, 0.717) is 19.3 Å². The molecule has 0 aromatic carbocycles. The van der Waals surface area contributed by atoms with Gasteiger partial charge in [0.05, 0.1) is 11.5 Å². The first-order valence-corrected chi connectivity index (χ1v) is 6.76. The van der Waals surface area contributed by atoms with Crippen molar-refractivity contribution in [1.82, 2.24) is 0 Å². The lowest BCUT2D eigenvalue weighted by Crippen LogP contribution is -2.42. The first-order chi connectivity index (χ1) is 7.81. The van der Waals surface area contributed by atoms with Gasteiger partial charge in [-0.2, -0.15) is 0 Å². The van der Waals surface area contributed by atoms with E-state index in [1.165, 1.54) is 0 Å². The standard InChI is InChI=1S/C14H26O3/c1-4-6-11(12(15)16)14(17)8-5-7-13(2,3)9-10-14/h11,17H,4-10H2,1-3H3,(H,15,16). The molecule has 0 radical (unpaired) electrons. The third kappa shape index (κ3) is 3.70. The minimum atomic E-state index is -0.990. The molecule has 3 nitrogen and oxygen atoms in total. The molecule has 1 rings (SSSR count). The summed E-state index contributed by atoms with van der Waals surface area (Å²) in [5.41, 5.74) is -0.755. The van der Waals surface area contributed by atoms with E-state index in [2.05, 4.69) is 13.8 Å². The molecule has 3 heteroatoms. The van der Waals surface area contributed by atoms with Crippen LogP contribution in [0.3, 0.4) is 0 Å². The SMILES string of the molecule is CCCC(C(=O)O)C1(O)CCCC(C)(C)CC1. The van der Waals surface area contributed by atoms with Crippen LogP contribution in [0, 0.1) is 11.3 Å². The van der Waals surface area contributed by atoms with Crippen molar-refractivity contribution in [2.24, 2.45) is 11.3 Å². The first kappa shape index (κ1) is 14.5. The Kier molecular flexibility index (Phi) is 4.59. The van der Waals surface area contributed by atoms with Gasteiger partial charge >= 0.3 is 5.97 Å². The average molecular weight is 242 g/mol. The van der Waals surface area contributed by atoms with E-state index in [1.807, 2.05) is 6.92 Å². The zero-order valence-electron chi connectivity index (χ0n) is 11.3. The molecule has 0 spiro atoms. The predicted molar refractivity (Wildman–Crippen MR) is 67.8 cm³/mol. The van der Waals surface area contributed by atoms with E-state index < -0.39 is 17.5 Å². The Morgan fingerprint density at radius 1 is 1.24 bits per heavy atom. The number of aliphatic carboxylic acids is 1. The molecule has 0 heterocycles. The van der Waals surface area contributed by atoms with Gasteiger partial charge in [0, 0.05) is 0 Å². The molecule has 2 N–H and O–H groups in total.